The van der Waals surface area contributed by atoms with Crippen LogP contribution < -0.4 is 0 Å². The predicted molar refractivity (Wildman–Crippen MR) is 127 cm³/mol. The molecule has 2 fully saturated rings. The number of imide groups is 2. The third-order valence-electron chi connectivity index (χ3n) is 7.57. The predicted octanol–water partition coefficient (Wildman–Crippen LogP) is 1.63. The molecule has 1 saturated carbocycles. The maximum Gasteiger partial charge on any atom is 0.333 e. The van der Waals surface area contributed by atoms with Crippen molar-refractivity contribution in [2.75, 3.05) is 20.2 Å². The lowest BCUT2D eigenvalue weighted by atomic mass is 9.78. The summed E-state index contributed by atoms with van der Waals surface area (Å²) in [6.07, 6.45) is -0.0776. The highest BCUT2D eigenvalue weighted by Crippen LogP contribution is 2.36. The molecule has 5 atom stereocenters. The van der Waals surface area contributed by atoms with E-state index in [1.807, 2.05) is 0 Å². The molecule has 1 heterocycles. The molecule has 1 aliphatic heterocycles. The quantitative estimate of drug-likeness (QED) is 0.311. The van der Waals surface area contributed by atoms with Crippen LogP contribution in [0, 0.1) is 17.3 Å². The standard InChI is InChI=1S/C25H40N2O9/c1-6-16(28)14-35-20(30)17-11-9-10-12-18(17)21(31)36-15(4)19(29)13-27-23(33)25(7-2,8-3)22(32)26(5)24(27)34/h15-19,28-29H,6-14H2,1-5H3/t15-,16?,17?,18?,19?/m0/s1. The second-order valence-electron chi connectivity index (χ2n) is 9.75. The summed E-state index contributed by atoms with van der Waals surface area (Å²) in [6, 6.07) is -0.843. The van der Waals surface area contributed by atoms with Gasteiger partial charge in [0.1, 0.15) is 24.2 Å². The maximum absolute atomic E-state index is 13.1. The maximum atomic E-state index is 13.1. The van der Waals surface area contributed by atoms with Crippen LogP contribution >= 0.6 is 0 Å². The summed E-state index contributed by atoms with van der Waals surface area (Å²) in [6.45, 7) is 5.99. The van der Waals surface area contributed by atoms with Crippen LogP contribution in [0.1, 0.15) is 72.6 Å². The number of esters is 2. The Kier molecular flexibility index (Phi) is 10.4. The van der Waals surface area contributed by atoms with E-state index in [9.17, 15) is 34.2 Å². The van der Waals surface area contributed by atoms with E-state index < -0.39 is 71.9 Å². The number of carbonyl (C=O) groups is 5. The number of carbonyl (C=O) groups excluding carboxylic acids is 5. The molecule has 11 nitrogen and oxygen atoms in total. The molecule has 36 heavy (non-hydrogen) atoms. The molecule has 2 N–H and O–H groups in total. The Labute approximate surface area is 212 Å². The normalized spacial score (nSPS) is 24.8. The molecule has 1 aliphatic carbocycles. The molecule has 0 aromatic carbocycles. The van der Waals surface area contributed by atoms with Crippen LogP contribution in [0.5, 0.6) is 0 Å². The molecule has 0 radical (unpaired) electrons. The fourth-order valence-corrected chi connectivity index (χ4v) is 4.82. The Morgan fingerprint density at radius 2 is 1.56 bits per heavy atom. The third kappa shape index (κ3) is 6.05. The summed E-state index contributed by atoms with van der Waals surface area (Å²) in [5, 5.41) is 20.4. The number of ether oxygens (including phenoxy) is 2. The van der Waals surface area contributed by atoms with Crippen molar-refractivity contribution < 1.29 is 43.7 Å². The molecule has 0 bridgehead atoms. The van der Waals surface area contributed by atoms with E-state index >= 15 is 0 Å². The van der Waals surface area contributed by atoms with Gasteiger partial charge in [-0.25, -0.2) is 4.79 Å². The van der Waals surface area contributed by atoms with Gasteiger partial charge in [-0.1, -0.05) is 33.6 Å². The summed E-state index contributed by atoms with van der Waals surface area (Å²) >= 11 is 0. The lowest BCUT2D eigenvalue weighted by molar-refractivity contribution is -0.171. The average molecular weight is 513 g/mol. The molecule has 0 spiro atoms. The second-order valence-corrected chi connectivity index (χ2v) is 9.75. The first kappa shape index (κ1) is 29.7. The molecule has 204 valence electrons. The Morgan fingerprint density at radius 1 is 1.00 bits per heavy atom. The van der Waals surface area contributed by atoms with Gasteiger partial charge in [0.15, 0.2) is 0 Å². The first-order valence-electron chi connectivity index (χ1n) is 12.8. The van der Waals surface area contributed by atoms with Gasteiger partial charge in [0.2, 0.25) is 11.8 Å². The van der Waals surface area contributed by atoms with Crippen LogP contribution in [0.15, 0.2) is 0 Å². The van der Waals surface area contributed by atoms with E-state index in [0.29, 0.717) is 19.3 Å². The van der Waals surface area contributed by atoms with Crippen molar-refractivity contribution >= 4 is 29.8 Å². The van der Waals surface area contributed by atoms with Gasteiger partial charge >= 0.3 is 18.0 Å². The molecule has 11 heteroatoms. The Bertz CT molecular complexity index is 841. The van der Waals surface area contributed by atoms with Crippen molar-refractivity contribution in [1.29, 1.82) is 0 Å². The van der Waals surface area contributed by atoms with Crippen LogP contribution in [0.4, 0.5) is 4.79 Å². The molecule has 2 aliphatic rings. The van der Waals surface area contributed by atoms with Crippen molar-refractivity contribution in [3.63, 3.8) is 0 Å². The van der Waals surface area contributed by atoms with Crippen molar-refractivity contribution in [3.05, 3.63) is 0 Å². The minimum absolute atomic E-state index is 0.144. The summed E-state index contributed by atoms with van der Waals surface area (Å²) in [4.78, 5) is 65.7. The van der Waals surface area contributed by atoms with E-state index in [-0.39, 0.29) is 19.4 Å². The first-order valence-corrected chi connectivity index (χ1v) is 12.8. The molecule has 0 aromatic rings. The zero-order chi connectivity index (χ0) is 27.2. The van der Waals surface area contributed by atoms with E-state index in [1.165, 1.54) is 14.0 Å². The monoisotopic (exact) mass is 512 g/mol. The number of rotatable bonds is 11. The van der Waals surface area contributed by atoms with Crippen molar-refractivity contribution in [2.45, 2.75) is 91.0 Å². The van der Waals surface area contributed by atoms with Gasteiger partial charge in [-0.3, -0.25) is 29.0 Å². The zero-order valence-corrected chi connectivity index (χ0v) is 21.9. The van der Waals surface area contributed by atoms with E-state index in [1.54, 1.807) is 20.8 Å². The zero-order valence-electron chi connectivity index (χ0n) is 21.9. The highest BCUT2D eigenvalue weighted by molar-refractivity contribution is 6.18. The second kappa shape index (κ2) is 12.6. The molecule has 4 amide bonds. The lowest BCUT2D eigenvalue weighted by Crippen LogP contribution is -2.65. The minimum Gasteiger partial charge on any atom is -0.463 e. The highest BCUT2D eigenvalue weighted by atomic mass is 16.6. The van der Waals surface area contributed by atoms with Crippen LogP contribution in [0.3, 0.4) is 0 Å². The molecule has 4 unspecified atom stereocenters. The Hall–Kier alpha value is -2.53. The Morgan fingerprint density at radius 3 is 2.08 bits per heavy atom. The van der Waals surface area contributed by atoms with Crippen LogP contribution in [0.2, 0.25) is 0 Å². The van der Waals surface area contributed by atoms with E-state index in [4.69, 9.17) is 9.47 Å². The molecule has 2 rings (SSSR count). The number of urea groups is 1. The van der Waals surface area contributed by atoms with Gasteiger partial charge in [0.05, 0.1) is 24.5 Å². The van der Waals surface area contributed by atoms with Gasteiger partial charge in [0.25, 0.3) is 0 Å². The smallest absolute Gasteiger partial charge is 0.333 e. The average Bonchev–Trinajstić information content (AvgIpc) is 2.88. The SMILES string of the molecule is CCC(O)COC(=O)C1CCCCC1C(=O)O[C@@H](C)C(O)CN1C(=O)N(C)C(=O)C(CC)(CC)C1=O. The fourth-order valence-electron chi connectivity index (χ4n) is 4.82. The topological polar surface area (TPSA) is 151 Å². The van der Waals surface area contributed by atoms with E-state index in [0.717, 1.165) is 22.6 Å². The molecule has 0 aromatic heterocycles. The molecule has 1 saturated heterocycles. The highest BCUT2D eigenvalue weighted by Gasteiger charge is 2.54. The fraction of sp³-hybridized carbons (Fsp3) is 0.800. The van der Waals surface area contributed by atoms with Crippen LogP contribution in [-0.4, -0.2) is 88.3 Å². The summed E-state index contributed by atoms with van der Waals surface area (Å²) < 4.78 is 10.7. The number of hydrogen-bond acceptors (Lipinski definition) is 9. The number of amides is 4. The first-order chi connectivity index (χ1) is 16.9. The van der Waals surface area contributed by atoms with Crippen molar-refractivity contribution in [3.8, 4) is 0 Å². The van der Waals surface area contributed by atoms with E-state index in [2.05, 4.69) is 0 Å². The van der Waals surface area contributed by atoms with Crippen molar-refractivity contribution in [1.82, 2.24) is 9.80 Å². The largest absolute Gasteiger partial charge is 0.463 e. The lowest BCUT2D eigenvalue weighted by Gasteiger charge is -2.43. The number of barbiturate groups is 1. The molecular weight excluding hydrogens is 472 g/mol. The van der Waals surface area contributed by atoms with Gasteiger partial charge in [-0.2, -0.15) is 0 Å². The number of β-amino-alcohol motifs (C(OH)–C–C–N with tert-alkyl or cyclic N) is 1. The van der Waals surface area contributed by atoms with Gasteiger partial charge < -0.3 is 19.7 Å². The summed E-state index contributed by atoms with van der Waals surface area (Å²) in [5.41, 5.74) is -1.39. The number of nitrogens with zero attached hydrogens (tertiary/aromatic N) is 2. The summed E-state index contributed by atoms with van der Waals surface area (Å²) in [7, 11) is 1.29. The third-order valence-corrected chi connectivity index (χ3v) is 7.57. The summed E-state index contributed by atoms with van der Waals surface area (Å²) in [5.74, 6) is -3.95. The van der Waals surface area contributed by atoms with Gasteiger partial charge in [-0.05, 0) is 39.0 Å². The number of aliphatic hydroxyl groups is 2. The number of aliphatic hydroxyl groups excluding tert-OH is 2. The minimum atomic E-state index is -1.40. The van der Waals surface area contributed by atoms with Gasteiger partial charge in [0, 0.05) is 7.05 Å². The molecular formula is C25H40N2O9. The van der Waals surface area contributed by atoms with Crippen molar-refractivity contribution in [2.24, 2.45) is 17.3 Å². The van der Waals surface area contributed by atoms with Crippen LogP contribution in [0.25, 0.3) is 0 Å². The Balaban J connectivity index is 2.06. The number of hydrogen-bond donors (Lipinski definition) is 2. The van der Waals surface area contributed by atoms with Gasteiger partial charge in [-0.15, -0.1) is 0 Å². The van der Waals surface area contributed by atoms with Crippen LogP contribution in [-0.2, 0) is 28.7 Å².